The van der Waals surface area contributed by atoms with Gasteiger partial charge in [0, 0.05) is 11.2 Å². The molecule has 9 heteroatoms. The fourth-order valence-electron chi connectivity index (χ4n) is 1.80. The average molecular weight is 356 g/mol. The molecule has 1 heterocycles. The molecule has 7 nitrogen and oxygen atoms in total. The van der Waals surface area contributed by atoms with Gasteiger partial charge >= 0.3 is 5.69 Å². The predicted octanol–water partition coefficient (Wildman–Crippen LogP) is 4.65. The van der Waals surface area contributed by atoms with Gasteiger partial charge in [-0.1, -0.05) is 23.2 Å². The van der Waals surface area contributed by atoms with E-state index in [-0.39, 0.29) is 22.9 Å². The van der Waals surface area contributed by atoms with Crippen molar-refractivity contribution in [3.8, 4) is 0 Å². The maximum atomic E-state index is 11.4. The predicted molar refractivity (Wildman–Crippen MR) is 91.8 cm³/mol. The largest absolute Gasteiger partial charge is 0.360 e. The van der Waals surface area contributed by atoms with Gasteiger partial charge in [-0.2, -0.15) is 0 Å². The Hall–Kier alpha value is -2.12. The van der Waals surface area contributed by atoms with Crippen LogP contribution in [-0.4, -0.2) is 20.4 Å². The Balaban J connectivity index is 2.43. The highest BCUT2D eigenvalue weighted by Gasteiger charge is 2.26. The van der Waals surface area contributed by atoms with Crippen LogP contribution in [-0.2, 0) is 0 Å². The Kier molecular flexibility index (Phi) is 4.91. The van der Waals surface area contributed by atoms with Gasteiger partial charge in [0.25, 0.3) is 0 Å². The lowest BCUT2D eigenvalue weighted by molar-refractivity contribution is -0.383. The van der Waals surface area contributed by atoms with E-state index in [1.165, 1.54) is 6.33 Å². The van der Waals surface area contributed by atoms with E-state index in [0.29, 0.717) is 15.7 Å². The minimum absolute atomic E-state index is 0.0649. The topological polar surface area (TPSA) is 93.0 Å². The van der Waals surface area contributed by atoms with Gasteiger partial charge in [0.05, 0.1) is 15.0 Å². The van der Waals surface area contributed by atoms with E-state index in [1.54, 1.807) is 18.2 Å². The Morgan fingerprint density at radius 2 is 1.78 bits per heavy atom. The minimum Gasteiger partial charge on any atom is -0.360 e. The number of nitrogens with one attached hydrogen (secondary N) is 2. The van der Waals surface area contributed by atoms with Crippen LogP contribution in [0.15, 0.2) is 24.5 Å². The number of hydrogen-bond acceptors (Lipinski definition) is 6. The van der Waals surface area contributed by atoms with Gasteiger partial charge < -0.3 is 10.6 Å². The molecule has 0 unspecified atom stereocenters. The van der Waals surface area contributed by atoms with Crippen molar-refractivity contribution in [2.24, 2.45) is 0 Å². The highest BCUT2D eigenvalue weighted by atomic mass is 35.5. The first-order valence-electron chi connectivity index (χ1n) is 6.67. The molecule has 122 valence electrons. The zero-order valence-corrected chi connectivity index (χ0v) is 14.2. The Bertz CT molecular complexity index is 746. The van der Waals surface area contributed by atoms with Crippen molar-refractivity contribution in [1.82, 2.24) is 9.97 Å². The Morgan fingerprint density at radius 3 is 2.35 bits per heavy atom. The maximum absolute atomic E-state index is 11.4. The highest BCUT2D eigenvalue weighted by molar-refractivity contribution is 6.42. The summed E-state index contributed by atoms with van der Waals surface area (Å²) < 4.78 is 0. The van der Waals surface area contributed by atoms with Gasteiger partial charge in [0.15, 0.2) is 0 Å². The SMILES string of the molecule is CC(C)(C)Nc1ncnc(Nc2ccc(Cl)c(Cl)c2)c1[N+](=O)[O-]. The third-order valence-corrected chi connectivity index (χ3v) is 3.42. The van der Waals surface area contributed by atoms with Crippen LogP contribution in [0.4, 0.5) is 23.0 Å². The van der Waals surface area contributed by atoms with Gasteiger partial charge in [0.2, 0.25) is 11.6 Å². The zero-order chi connectivity index (χ0) is 17.2. The minimum atomic E-state index is -0.534. The number of anilines is 3. The first-order valence-corrected chi connectivity index (χ1v) is 7.42. The summed E-state index contributed by atoms with van der Waals surface area (Å²) in [4.78, 5) is 18.8. The number of nitro groups is 1. The molecular formula is C14H15Cl2N5O2. The van der Waals surface area contributed by atoms with Crippen molar-refractivity contribution >= 4 is 46.2 Å². The lowest BCUT2D eigenvalue weighted by Crippen LogP contribution is -2.27. The number of halogens is 2. The van der Waals surface area contributed by atoms with Crippen LogP contribution in [0.2, 0.25) is 10.0 Å². The van der Waals surface area contributed by atoms with Gasteiger partial charge in [-0.15, -0.1) is 0 Å². The van der Waals surface area contributed by atoms with E-state index in [1.807, 2.05) is 20.8 Å². The van der Waals surface area contributed by atoms with Crippen LogP contribution in [0.5, 0.6) is 0 Å². The molecule has 0 amide bonds. The number of hydrogen-bond donors (Lipinski definition) is 2. The van der Waals surface area contributed by atoms with E-state index in [2.05, 4.69) is 20.6 Å². The first kappa shape index (κ1) is 17.2. The summed E-state index contributed by atoms with van der Waals surface area (Å²) in [5.41, 5.74) is -0.101. The molecule has 2 rings (SSSR count). The Labute approximate surface area is 143 Å². The van der Waals surface area contributed by atoms with Gasteiger partial charge in [0.1, 0.15) is 6.33 Å². The third-order valence-electron chi connectivity index (χ3n) is 2.68. The van der Waals surface area contributed by atoms with Crippen molar-refractivity contribution < 1.29 is 4.92 Å². The summed E-state index contributed by atoms with van der Waals surface area (Å²) in [5.74, 6) is 0.204. The molecule has 0 aliphatic heterocycles. The molecule has 2 aromatic rings. The zero-order valence-electron chi connectivity index (χ0n) is 12.7. The van der Waals surface area contributed by atoms with Crippen LogP contribution < -0.4 is 10.6 Å². The summed E-state index contributed by atoms with van der Waals surface area (Å²) >= 11 is 11.8. The summed E-state index contributed by atoms with van der Waals surface area (Å²) in [6.45, 7) is 5.64. The second-order valence-corrected chi connectivity index (χ2v) is 6.62. The molecule has 0 aliphatic carbocycles. The molecule has 0 spiro atoms. The van der Waals surface area contributed by atoms with E-state index in [9.17, 15) is 10.1 Å². The molecule has 0 aliphatic rings. The quantitative estimate of drug-likeness (QED) is 0.612. The summed E-state index contributed by atoms with van der Waals surface area (Å²) in [6.07, 6.45) is 1.25. The molecule has 2 N–H and O–H groups in total. The smallest absolute Gasteiger partial charge is 0.353 e. The van der Waals surface area contributed by atoms with Gasteiger partial charge in [-0.25, -0.2) is 9.97 Å². The standard InChI is InChI=1S/C14H15Cl2N5O2/c1-14(2,3)20-13-11(21(22)23)12(17-7-18-13)19-8-4-5-9(15)10(16)6-8/h4-7H,1-3H3,(H2,17,18,19,20). The number of benzene rings is 1. The number of rotatable bonds is 4. The molecule has 23 heavy (non-hydrogen) atoms. The summed E-state index contributed by atoms with van der Waals surface area (Å²) in [7, 11) is 0. The lowest BCUT2D eigenvalue weighted by atomic mass is 10.1. The molecule has 0 saturated carbocycles. The van der Waals surface area contributed by atoms with E-state index < -0.39 is 4.92 Å². The highest BCUT2D eigenvalue weighted by Crippen LogP contribution is 2.34. The Morgan fingerprint density at radius 1 is 1.13 bits per heavy atom. The molecule has 1 aromatic carbocycles. The van der Waals surface area contributed by atoms with Crippen molar-refractivity contribution in [3.05, 3.63) is 44.7 Å². The second-order valence-electron chi connectivity index (χ2n) is 5.81. The van der Waals surface area contributed by atoms with E-state index in [4.69, 9.17) is 23.2 Å². The van der Waals surface area contributed by atoms with Crippen LogP contribution in [0.25, 0.3) is 0 Å². The molecule has 0 radical (unpaired) electrons. The molecule has 0 bridgehead atoms. The molecule has 1 aromatic heterocycles. The van der Waals surface area contributed by atoms with E-state index in [0.717, 1.165) is 0 Å². The third kappa shape index (κ3) is 4.43. The van der Waals surface area contributed by atoms with Gasteiger partial charge in [-0.05, 0) is 39.0 Å². The first-order chi connectivity index (χ1) is 10.7. The summed E-state index contributed by atoms with van der Waals surface area (Å²) in [5, 5.41) is 18.0. The van der Waals surface area contributed by atoms with Crippen LogP contribution >= 0.6 is 23.2 Å². The van der Waals surface area contributed by atoms with Crippen molar-refractivity contribution in [1.29, 1.82) is 0 Å². The van der Waals surface area contributed by atoms with Crippen LogP contribution in [0.1, 0.15) is 20.8 Å². The molecule has 0 fully saturated rings. The molecule has 0 saturated heterocycles. The van der Waals surface area contributed by atoms with Crippen molar-refractivity contribution in [2.45, 2.75) is 26.3 Å². The van der Waals surface area contributed by atoms with Crippen LogP contribution in [0.3, 0.4) is 0 Å². The maximum Gasteiger partial charge on any atom is 0.353 e. The number of nitrogens with zero attached hydrogens (tertiary/aromatic N) is 3. The number of aromatic nitrogens is 2. The molecular weight excluding hydrogens is 341 g/mol. The fraction of sp³-hybridized carbons (Fsp3) is 0.286. The lowest BCUT2D eigenvalue weighted by Gasteiger charge is -2.21. The fourth-order valence-corrected chi connectivity index (χ4v) is 2.10. The average Bonchev–Trinajstić information content (AvgIpc) is 2.41. The van der Waals surface area contributed by atoms with Crippen molar-refractivity contribution in [3.63, 3.8) is 0 Å². The van der Waals surface area contributed by atoms with E-state index >= 15 is 0 Å². The van der Waals surface area contributed by atoms with Crippen LogP contribution in [0, 0.1) is 10.1 Å². The van der Waals surface area contributed by atoms with Gasteiger partial charge in [-0.3, -0.25) is 10.1 Å². The summed E-state index contributed by atoms with van der Waals surface area (Å²) in [6, 6.07) is 4.80. The molecule has 0 atom stereocenters. The normalized spacial score (nSPS) is 11.2. The van der Waals surface area contributed by atoms with Crippen molar-refractivity contribution in [2.75, 3.05) is 10.6 Å². The second kappa shape index (κ2) is 6.55. The monoisotopic (exact) mass is 355 g/mol.